The summed E-state index contributed by atoms with van der Waals surface area (Å²) in [7, 11) is 0. The van der Waals surface area contributed by atoms with Gasteiger partial charge in [0.15, 0.2) is 0 Å². The Bertz CT molecular complexity index is 209. The number of nitrogens with zero attached hydrogens (tertiary/aromatic N) is 1. The number of unbranched alkanes of at least 4 members (excludes halogenated alkanes) is 2. The van der Waals surface area contributed by atoms with E-state index in [1.54, 1.807) is 6.92 Å². The van der Waals surface area contributed by atoms with Crippen LogP contribution in [0.3, 0.4) is 0 Å². The summed E-state index contributed by atoms with van der Waals surface area (Å²) in [6.45, 7) is 3.95. The molecule has 0 fully saturated rings. The minimum absolute atomic E-state index is 0.638. The smallest absolute Gasteiger partial charge is 0.332 e. The first-order valence-electron chi connectivity index (χ1n) is 4.43. The van der Waals surface area contributed by atoms with Gasteiger partial charge in [-0.3, -0.25) is 0 Å². The van der Waals surface area contributed by atoms with E-state index in [4.69, 9.17) is 5.73 Å². The van der Waals surface area contributed by atoms with Crippen molar-refractivity contribution in [3.8, 4) is 0 Å². The minimum atomic E-state index is -0.638. The summed E-state index contributed by atoms with van der Waals surface area (Å²) in [6, 6.07) is -0.638. The van der Waals surface area contributed by atoms with Gasteiger partial charge in [-0.2, -0.15) is 5.10 Å². The lowest BCUT2D eigenvalue weighted by molar-refractivity contribution is 0.249. The van der Waals surface area contributed by atoms with Crippen LogP contribution in [0.5, 0.6) is 0 Å². The third-order valence-electron chi connectivity index (χ3n) is 1.43. The molecule has 0 unspecified atom stereocenters. The van der Waals surface area contributed by atoms with Crippen LogP contribution in [0.4, 0.5) is 4.79 Å². The Morgan fingerprint density at radius 2 is 2.31 bits per heavy atom. The molecule has 74 valence electrons. The number of hydrogen-bond acceptors (Lipinski definition) is 2. The third kappa shape index (κ3) is 8.59. The van der Waals surface area contributed by atoms with Crippen LogP contribution in [0.2, 0.25) is 0 Å². The molecule has 0 heterocycles. The van der Waals surface area contributed by atoms with Crippen LogP contribution < -0.4 is 11.2 Å². The molecular formula is C9H17N3O. The van der Waals surface area contributed by atoms with E-state index in [1.807, 2.05) is 12.2 Å². The van der Waals surface area contributed by atoms with Crippen molar-refractivity contribution in [2.75, 3.05) is 0 Å². The molecular weight excluding hydrogens is 166 g/mol. The van der Waals surface area contributed by atoms with Crippen LogP contribution in [0.25, 0.3) is 0 Å². The third-order valence-corrected chi connectivity index (χ3v) is 1.43. The maximum absolute atomic E-state index is 10.3. The molecule has 0 bridgehead atoms. The largest absolute Gasteiger partial charge is 0.350 e. The zero-order valence-electron chi connectivity index (χ0n) is 8.21. The highest BCUT2D eigenvalue weighted by Crippen LogP contribution is 1.94. The van der Waals surface area contributed by atoms with Crippen LogP contribution in [-0.4, -0.2) is 11.7 Å². The first-order chi connectivity index (χ1) is 6.16. The molecule has 0 radical (unpaired) electrons. The first-order valence-corrected chi connectivity index (χ1v) is 4.43. The summed E-state index contributed by atoms with van der Waals surface area (Å²) in [4.78, 5) is 10.3. The minimum Gasteiger partial charge on any atom is -0.350 e. The molecule has 0 saturated carbocycles. The summed E-state index contributed by atoms with van der Waals surface area (Å²) in [6.07, 6.45) is 7.30. The van der Waals surface area contributed by atoms with Crippen molar-refractivity contribution in [2.45, 2.75) is 33.1 Å². The van der Waals surface area contributed by atoms with E-state index in [-0.39, 0.29) is 0 Å². The summed E-state index contributed by atoms with van der Waals surface area (Å²) in [5.74, 6) is 0. The molecule has 0 rings (SSSR count). The van der Waals surface area contributed by atoms with Gasteiger partial charge in [-0.15, -0.1) is 0 Å². The van der Waals surface area contributed by atoms with Gasteiger partial charge in [-0.05, 0) is 19.4 Å². The summed E-state index contributed by atoms with van der Waals surface area (Å²) >= 11 is 0. The second-order valence-corrected chi connectivity index (χ2v) is 2.77. The van der Waals surface area contributed by atoms with Crippen molar-refractivity contribution in [3.05, 3.63) is 12.2 Å². The molecule has 3 N–H and O–H groups in total. The van der Waals surface area contributed by atoms with Crippen LogP contribution in [0.1, 0.15) is 33.1 Å². The Kier molecular flexibility index (Phi) is 6.59. The van der Waals surface area contributed by atoms with Crippen molar-refractivity contribution in [1.82, 2.24) is 5.43 Å². The second-order valence-electron chi connectivity index (χ2n) is 2.77. The molecule has 0 aliphatic carbocycles. The SMILES string of the molecule is CCCC/C=C/C(C)=N/NC(N)=O. The van der Waals surface area contributed by atoms with E-state index in [2.05, 4.69) is 17.5 Å². The summed E-state index contributed by atoms with van der Waals surface area (Å²) < 4.78 is 0. The van der Waals surface area contributed by atoms with Gasteiger partial charge in [0.1, 0.15) is 0 Å². The molecule has 0 aromatic heterocycles. The van der Waals surface area contributed by atoms with E-state index in [1.165, 1.54) is 12.8 Å². The van der Waals surface area contributed by atoms with Gasteiger partial charge in [-0.25, -0.2) is 10.2 Å². The molecule has 0 spiro atoms. The number of carbonyl (C=O) groups excluding carboxylic acids is 1. The topological polar surface area (TPSA) is 67.5 Å². The molecule has 0 atom stereocenters. The lowest BCUT2D eigenvalue weighted by Crippen LogP contribution is -2.25. The first kappa shape index (κ1) is 11.7. The molecule has 0 aromatic rings. The maximum atomic E-state index is 10.3. The van der Waals surface area contributed by atoms with Gasteiger partial charge >= 0.3 is 6.03 Å². The number of urea groups is 1. The lowest BCUT2D eigenvalue weighted by Gasteiger charge is -1.93. The monoisotopic (exact) mass is 183 g/mol. The van der Waals surface area contributed by atoms with Crippen LogP contribution in [-0.2, 0) is 0 Å². The quantitative estimate of drug-likeness (QED) is 0.381. The number of hydrazone groups is 1. The highest BCUT2D eigenvalue weighted by atomic mass is 16.2. The predicted octanol–water partition coefficient (Wildman–Crippen LogP) is 1.78. The Labute approximate surface area is 78.9 Å². The number of rotatable bonds is 5. The van der Waals surface area contributed by atoms with Crippen molar-refractivity contribution in [2.24, 2.45) is 10.8 Å². The van der Waals surface area contributed by atoms with Crippen LogP contribution in [0, 0.1) is 0 Å². The van der Waals surface area contributed by atoms with E-state index in [0.717, 1.165) is 12.1 Å². The fourth-order valence-electron chi connectivity index (χ4n) is 0.756. The molecule has 0 saturated heterocycles. The maximum Gasteiger partial charge on any atom is 0.332 e. The summed E-state index contributed by atoms with van der Waals surface area (Å²) in [5.41, 5.74) is 7.74. The Balaban J connectivity index is 3.70. The van der Waals surface area contributed by atoms with Gasteiger partial charge in [0, 0.05) is 0 Å². The van der Waals surface area contributed by atoms with Crippen LogP contribution in [0.15, 0.2) is 17.3 Å². The number of primary amides is 1. The van der Waals surface area contributed by atoms with Gasteiger partial charge in [0.25, 0.3) is 0 Å². The standard InChI is InChI=1S/C9H17N3O/c1-3-4-5-6-7-8(2)11-12-9(10)13/h6-7H,3-5H2,1-2H3,(H3,10,12,13)/b7-6+,11-8+. The number of hydrogen-bond donors (Lipinski definition) is 2. The average Bonchev–Trinajstić information content (AvgIpc) is 2.09. The second kappa shape index (κ2) is 7.34. The fourth-order valence-corrected chi connectivity index (χ4v) is 0.756. The molecule has 2 amide bonds. The summed E-state index contributed by atoms with van der Waals surface area (Å²) in [5, 5.41) is 3.73. The lowest BCUT2D eigenvalue weighted by atomic mass is 10.2. The van der Waals surface area contributed by atoms with E-state index >= 15 is 0 Å². The highest BCUT2D eigenvalue weighted by Gasteiger charge is 1.87. The van der Waals surface area contributed by atoms with Gasteiger partial charge in [0.2, 0.25) is 0 Å². The molecule has 0 aromatic carbocycles. The van der Waals surface area contributed by atoms with Crippen molar-refractivity contribution >= 4 is 11.7 Å². The number of nitrogens with two attached hydrogens (primary N) is 1. The van der Waals surface area contributed by atoms with Crippen LogP contribution >= 0.6 is 0 Å². The van der Waals surface area contributed by atoms with Gasteiger partial charge in [0.05, 0.1) is 5.71 Å². The number of carbonyl (C=O) groups is 1. The molecule has 4 heteroatoms. The molecule has 0 aliphatic heterocycles. The van der Waals surface area contributed by atoms with E-state index < -0.39 is 6.03 Å². The number of amides is 2. The Hall–Kier alpha value is -1.32. The molecule has 13 heavy (non-hydrogen) atoms. The van der Waals surface area contributed by atoms with Gasteiger partial charge in [-0.1, -0.05) is 25.8 Å². The van der Waals surface area contributed by atoms with E-state index in [0.29, 0.717) is 0 Å². The van der Waals surface area contributed by atoms with Crippen molar-refractivity contribution in [1.29, 1.82) is 0 Å². The Morgan fingerprint density at radius 3 is 2.85 bits per heavy atom. The highest BCUT2D eigenvalue weighted by molar-refractivity contribution is 5.93. The van der Waals surface area contributed by atoms with Crippen molar-refractivity contribution in [3.63, 3.8) is 0 Å². The zero-order chi connectivity index (χ0) is 10.1. The molecule has 0 aliphatic rings. The van der Waals surface area contributed by atoms with Crippen molar-refractivity contribution < 1.29 is 4.79 Å². The number of nitrogens with one attached hydrogen (secondary N) is 1. The predicted molar refractivity (Wildman–Crippen MR) is 54.5 cm³/mol. The zero-order valence-corrected chi connectivity index (χ0v) is 8.21. The Morgan fingerprint density at radius 1 is 1.62 bits per heavy atom. The van der Waals surface area contributed by atoms with Gasteiger partial charge < -0.3 is 5.73 Å². The van der Waals surface area contributed by atoms with E-state index in [9.17, 15) is 4.79 Å². The number of allylic oxidation sites excluding steroid dienone is 2. The fraction of sp³-hybridized carbons (Fsp3) is 0.556. The molecule has 4 nitrogen and oxygen atoms in total. The average molecular weight is 183 g/mol. The normalized spacial score (nSPS) is 12.0.